The standard InChI is InChI=1S/C21H25ClN2O2/c1-15(2)23-21(26)16(3)24(14-18-10-7-11-19(22)12-18)20(25)13-17-8-5-4-6-9-17/h4-12,15-16H,13-14H2,1-3H3,(H,23,26)/t16-/m1/s1. The fraction of sp³-hybridized carbons (Fsp3) is 0.333. The van der Waals surface area contributed by atoms with Gasteiger partial charge in [-0.25, -0.2) is 0 Å². The molecule has 2 aromatic carbocycles. The van der Waals surface area contributed by atoms with Gasteiger partial charge in [0, 0.05) is 17.6 Å². The normalized spacial score (nSPS) is 11.9. The number of hydrogen-bond acceptors (Lipinski definition) is 2. The third-order valence-corrected chi connectivity index (χ3v) is 4.27. The fourth-order valence-corrected chi connectivity index (χ4v) is 2.90. The van der Waals surface area contributed by atoms with Crippen molar-refractivity contribution in [1.82, 2.24) is 10.2 Å². The van der Waals surface area contributed by atoms with Gasteiger partial charge in [-0.2, -0.15) is 0 Å². The second-order valence-electron chi connectivity index (χ2n) is 6.65. The molecule has 26 heavy (non-hydrogen) atoms. The van der Waals surface area contributed by atoms with Gasteiger partial charge in [0.05, 0.1) is 6.42 Å². The van der Waals surface area contributed by atoms with Crippen molar-refractivity contribution >= 4 is 23.4 Å². The van der Waals surface area contributed by atoms with Crippen LogP contribution in [0.25, 0.3) is 0 Å². The molecular formula is C21H25ClN2O2. The molecule has 0 unspecified atom stereocenters. The number of amides is 2. The van der Waals surface area contributed by atoms with E-state index in [-0.39, 0.29) is 24.3 Å². The summed E-state index contributed by atoms with van der Waals surface area (Å²) in [5.74, 6) is -0.258. The molecule has 0 aromatic heterocycles. The minimum absolute atomic E-state index is 0.0159. The fourth-order valence-electron chi connectivity index (χ4n) is 2.69. The van der Waals surface area contributed by atoms with Crippen LogP contribution >= 0.6 is 11.6 Å². The highest BCUT2D eigenvalue weighted by Gasteiger charge is 2.26. The molecule has 0 aliphatic heterocycles. The Labute approximate surface area is 160 Å². The van der Waals surface area contributed by atoms with Gasteiger partial charge in [0.25, 0.3) is 0 Å². The Morgan fingerprint density at radius 1 is 1.00 bits per heavy atom. The van der Waals surface area contributed by atoms with Crippen LogP contribution in [0.2, 0.25) is 5.02 Å². The van der Waals surface area contributed by atoms with E-state index in [9.17, 15) is 9.59 Å². The number of halogens is 1. The van der Waals surface area contributed by atoms with Crippen LogP contribution in [-0.4, -0.2) is 28.8 Å². The highest BCUT2D eigenvalue weighted by atomic mass is 35.5. The molecule has 1 N–H and O–H groups in total. The predicted octanol–water partition coefficient (Wildman–Crippen LogP) is 3.82. The van der Waals surface area contributed by atoms with Gasteiger partial charge >= 0.3 is 0 Å². The highest BCUT2D eigenvalue weighted by Crippen LogP contribution is 2.16. The topological polar surface area (TPSA) is 49.4 Å². The Morgan fingerprint density at radius 2 is 1.65 bits per heavy atom. The van der Waals surface area contributed by atoms with Crippen LogP contribution in [0.1, 0.15) is 31.9 Å². The van der Waals surface area contributed by atoms with Crippen LogP contribution in [0.3, 0.4) is 0 Å². The number of nitrogens with zero attached hydrogens (tertiary/aromatic N) is 1. The van der Waals surface area contributed by atoms with Crippen LogP contribution < -0.4 is 5.32 Å². The zero-order valence-electron chi connectivity index (χ0n) is 15.4. The van der Waals surface area contributed by atoms with Crippen LogP contribution in [0.15, 0.2) is 54.6 Å². The average molecular weight is 373 g/mol. The van der Waals surface area contributed by atoms with E-state index < -0.39 is 6.04 Å². The molecule has 2 amide bonds. The number of benzene rings is 2. The summed E-state index contributed by atoms with van der Waals surface area (Å²) in [4.78, 5) is 27.0. The second kappa shape index (κ2) is 9.39. The first kappa shape index (κ1) is 20.0. The van der Waals surface area contributed by atoms with Gasteiger partial charge in [0.15, 0.2) is 0 Å². The molecule has 0 saturated carbocycles. The Balaban J connectivity index is 2.22. The number of hydrogen-bond donors (Lipinski definition) is 1. The van der Waals surface area contributed by atoms with Gasteiger partial charge in [0.1, 0.15) is 6.04 Å². The lowest BCUT2D eigenvalue weighted by molar-refractivity contribution is -0.140. The van der Waals surface area contributed by atoms with E-state index in [2.05, 4.69) is 5.32 Å². The molecule has 0 saturated heterocycles. The lowest BCUT2D eigenvalue weighted by Crippen LogP contribution is -2.49. The van der Waals surface area contributed by atoms with Crippen molar-refractivity contribution in [1.29, 1.82) is 0 Å². The predicted molar refractivity (Wildman–Crippen MR) is 105 cm³/mol. The summed E-state index contributed by atoms with van der Waals surface area (Å²) < 4.78 is 0. The van der Waals surface area contributed by atoms with Crippen molar-refractivity contribution < 1.29 is 9.59 Å². The summed E-state index contributed by atoms with van der Waals surface area (Å²) in [5.41, 5.74) is 1.81. The Morgan fingerprint density at radius 3 is 2.27 bits per heavy atom. The van der Waals surface area contributed by atoms with Crippen molar-refractivity contribution in [2.45, 2.75) is 45.8 Å². The summed E-state index contributed by atoms with van der Waals surface area (Å²) in [6, 6.07) is 16.3. The molecular weight excluding hydrogens is 348 g/mol. The maximum atomic E-state index is 12.9. The van der Waals surface area contributed by atoms with Crippen molar-refractivity contribution in [2.24, 2.45) is 0 Å². The quantitative estimate of drug-likeness (QED) is 0.803. The summed E-state index contributed by atoms with van der Waals surface area (Å²) in [7, 11) is 0. The monoisotopic (exact) mass is 372 g/mol. The van der Waals surface area contributed by atoms with E-state index in [0.717, 1.165) is 11.1 Å². The largest absolute Gasteiger partial charge is 0.352 e. The lowest BCUT2D eigenvalue weighted by atomic mass is 10.1. The Kier molecular flexibility index (Phi) is 7.22. The number of carbonyl (C=O) groups excluding carboxylic acids is 2. The minimum atomic E-state index is -0.576. The average Bonchev–Trinajstić information content (AvgIpc) is 2.59. The van der Waals surface area contributed by atoms with Gasteiger partial charge in [-0.05, 0) is 44.0 Å². The molecule has 2 rings (SSSR count). The maximum absolute atomic E-state index is 12.9. The SMILES string of the molecule is CC(C)NC(=O)[C@@H](C)N(Cc1cccc(Cl)c1)C(=O)Cc1ccccc1. The molecule has 4 nitrogen and oxygen atoms in total. The van der Waals surface area contributed by atoms with Crippen molar-refractivity contribution in [3.8, 4) is 0 Å². The second-order valence-corrected chi connectivity index (χ2v) is 7.09. The van der Waals surface area contributed by atoms with Crippen LogP contribution in [0, 0.1) is 0 Å². The van der Waals surface area contributed by atoms with Crippen LogP contribution in [-0.2, 0) is 22.6 Å². The summed E-state index contributed by atoms with van der Waals surface area (Å²) in [6.07, 6.45) is 0.251. The molecule has 2 aromatic rings. The first-order valence-electron chi connectivity index (χ1n) is 8.75. The molecule has 0 aliphatic rings. The smallest absolute Gasteiger partial charge is 0.242 e. The third-order valence-electron chi connectivity index (χ3n) is 4.04. The van der Waals surface area contributed by atoms with Crippen molar-refractivity contribution in [3.05, 3.63) is 70.7 Å². The first-order valence-corrected chi connectivity index (χ1v) is 9.13. The molecule has 0 bridgehead atoms. The highest BCUT2D eigenvalue weighted by molar-refractivity contribution is 6.30. The van der Waals surface area contributed by atoms with Crippen LogP contribution in [0.4, 0.5) is 0 Å². The molecule has 138 valence electrons. The van der Waals surface area contributed by atoms with Crippen molar-refractivity contribution in [3.63, 3.8) is 0 Å². The first-order chi connectivity index (χ1) is 12.4. The van der Waals surface area contributed by atoms with Crippen LogP contribution in [0.5, 0.6) is 0 Å². The molecule has 1 atom stereocenters. The lowest BCUT2D eigenvalue weighted by Gasteiger charge is -2.29. The van der Waals surface area contributed by atoms with Gasteiger partial charge in [-0.3, -0.25) is 9.59 Å². The van der Waals surface area contributed by atoms with E-state index in [1.54, 1.807) is 17.9 Å². The Hall–Kier alpha value is -2.33. The van der Waals surface area contributed by atoms with E-state index in [4.69, 9.17) is 11.6 Å². The van der Waals surface area contributed by atoms with Gasteiger partial charge in [-0.1, -0.05) is 54.1 Å². The minimum Gasteiger partial charge on any atom is -0.352 e. The van der Waals surface area contributed by atoms with E-state index >= 15 is 0 Å². The Bertz CT molecular complexity index is 747. The van der Waals surface area contributed by atoms with E-state index in [1.807, 2.05) is 62.4 Å². The molecule has 0 radical (unpaired) electrons. The molecule has 0 spiro atoms. The van der Waals surface area contributed by atoms with Gasteiger partial charge in [-0.15, -0.1) is 0 Å². The zero-order chi connectivity index (χ0) is 19.1. The molecule has 5 heteroatoms. The molecule has 0 aliphatic carbocycles. The summed E-state index contributed by atoms with van der Waals surface area (Å²) in [6.45, 7) is 5.89. The zero-order valence-corrected chi connectivity index (χ0v) is 16.2. The summed E-state index contributed by atoms with van der Waals surface area (Å²) >= 11 is 6.07. The number of nitrogens with one attached hydrogen (secondary N) is 1. The molecule has 0 fully saturated rings. The number of rotatable bonds is 7. The van der Waals surface area contributed by atoms with Gasteiger partial charge in [0.2, 0.25) is 11.8 Å². The summed E-state index contributed by atoms with van der Waals surface area (Å²) in [5, 5.41) is 3.49. The van der Waals surface area contributed by atoms with E-state index in [0.29, 0.717) is 11.6 Å². The van der Waals surface area contributed by atoms with Gasteiger partial charge < -0.3 is 10.2 Å². The van der Waals surface area contributed by atoms with Crippen molar-refractivity contribution in [2.75, 3.05) is 0 Å². The molecule has 0 heterocycles. The maximum Gasteiger partial charge on any atom is 0.242 e. The third kappa shape index (κ3) is 5.88. The number of carbonyl (C=O) groups is 2. The van der Waals surface area contributed by atoms with E-state index in [1.165, 1.54) is 0 Å².